The summed E-state index contributed by atoms with van der Waals surface area (Å²) in [5.41, 5.74) is 8.42. The zero-order valence-electron chi connectivity index (χ0n) is 10.6. The Morgan fingerprint density at radius 3 is 2.74 bits per heavy atom. The van der Waals surface area contributed by atoms with Gasteiger partial charge in [-0.15, -0.1) is 0 Å². The molecule has 0 fully saturated rings. The van der Waals surface area contributed by atoms with Crippen LogP contribution >= 0.6 is 27.5 Å². The molecule has 100 valence electrons. The highest BCUT2D eigenvalue weighted by molar-refractivity contribution is 9.10. The third-order valence-electron chi connectivity index (χ3n) is 2.95. The first-order valence-corrected chi connectivity index (χ1v) is 7.10. The Balaban J connectivity index is 2.22. The molecule has 0 aliphatic heterocycles. The van der Waals surface area contributed by atoms with Gasteiger partial charge in [-0.05, 0) is 47.9 Å². The van der Waals surface area contributed by atoms with Crippen LogP contribution in [0.3, 0.4) is 0 Å². The summed E-state index contributed by atoms with van der Waals surface area (Å²) in [5, 5.41) is 0.731. The van der Waals surface area contributed by atoms with Gasteiger partial charge >= 0.3 is 0 Å². The van der Waals surface area contributed by atoms with Crippen molar-refractivity contribution in [1.82, 2.24) is 0 Å². The summed E-state index contributed by atoms with van der Waals surface area (Å²) in [4.78, 5) is 0. The van der Waals surface area contributed by atoms with E-state index in [-0.39, 0.29) is 6.04 Å². The zero-order chi connectivity index (χ0) is 13.8. The summed E-state index contributed by atoms with van der Waals surface area (Å²) < 4.78 is 6.22. The Morgan fingerprint density at radius 1 is 1.26 bits per heavy atom. The molecule has 1 atom stereocenters. The van der Waals surface area contributed by atoms with Crippen molar-refractivity contribution in [3.63, 3.8) is 0 Å². The number of methoxy groups -OCH3 is 1. The van der Waals surface area contributed by atoms with Gasteiger partial charge in [0.1, 0.15) is 5.75 Å². The molecule has 0 saturated carbocycles. The van der Waals surface area contributed by atoms with E-state index in [9.17, 15) is 0 Å². The van der Waals surface area contributed by atoms with Crippen LogP contribution in [0.25, 0.3) is 0 Å². The summed E-state index contributed by atoms with van der Waals surface area (Å²) in [6, 6.07) is 13.5. The topological polar surface area (TPSA) is 35.2 Å². The maximum atomic E-state index is 6.27. The number of ether oxygens (including phenoxy) is 1. The average Bonchev–Trinajstić information content (AvgIpc) is 2.39. The van der Waals surface area contributed by atoms with E-state index >= 15 is 0 Å². The Morgan fingerprint density at radius 2 is 2.05 bits per heavy atom. The predicted molar refractivity (Wildman–Crippen MR) is 82.8 cm³/mol. The third-order valence-corrected chi connectivity index (χ3v) is 3.90. The molecule has 2 rings (SSSR count). The fraction of sp³-hybridized carbons (Fsp3) is 0.200. The summed E-state index contributed by atoms with van der Waals surface area (Å²) in [5.74, 6) is 0.805. The molecule has 2 N–H and O–H groups in total. The van der Waals surface area contributed by atoms with Gasteiger partial charge in [0, 0.05) is 15.5 Å². The van der Waals surface area contributed by atoms with Gasteiger partial charge in [-0.3, -0.25) is 0 Å². The van der Waals surface area contributed by atoms with Crippen LogP contribution in [0.5, 0.6) is 5.75 Å². The first-order chi connectivity index (χ1) is 9.10. The molecule has 0 spiro atoms. The van der Waals surface area contributed by atoms with E-state index in [0.717, 1.165) is 32.8 Å². The van der Waals surface area contributed by atoms with Crippen LogP contribution in [0.15, 0.2) is 46.9 Å². The summed E-state index contributed by atoms with van der Waals surface area (Å²) in [7, 11) is 1.65. The van der Waals surface area contributed by atoms with Gasteiger partial charge in [0.15, 0.2) is 0 Å². The Labute approximate surface area is 126 Å². The fourth-order valence-electron chi connectivity index (χ4n) is 1.96. The Hall–Kier alpha value is -1.03. The van der Waals surface area contributed by atoms with Gasteiger partial charge in [0.25, 0.3) is 0 Å². The van der Waals surface area contributed by atoms with E-state index in [1.165, 1.54) is 0 Å². The number of hydrogen-bond donors (Lipinski definition) is 1. The minimum atomic E-state index is -0.108. The molecule has 2 aromatic rings. The molecule has 0 amide bonds. The van der Waals surface area contributed by atoms with Crippen LogP contribution in [-0.4, -0.2) is 7.11 Å². The van der Waals surface area contributed by atoms with E-state index < -0.39 is 0 Å². The molecule has 0 bridgehead atoms. The van der Waals surface area contributed by atoms with E-state index in [1.807, 2.05) is 42.5 Å². The fourth-order valence-corrected chi connectivity index (χ4v) is 2.71. The van der Waals surface area contributed by atoms with Crippen LogP contribution in [-0.2, 0) is 6.42 Å². The lowest BCUT2D eigenvalue weighted by atomic mass is 9.99. The highest BCUT2D eigenvalue weighted by Crippen LogP contribution is 2.28. The zero-order valence-corrected chi connectivity index (χ0v) is 12.9. The van der Waals surface area contributed by atoms with Crippen LogP contribution in [0.2, 0.25) is 5.02 Å². The molecule has 0 heterocycles. The summed E-state index contributed by atoms with van der Waals surface area (Å²) in [6.45, 7) is 0. The van der Waals surface area contributed by atoms with Crippen molar-refractivity contribution < 1.29 is 4.74 Å². The van der Waals surface area contributed by atoms with E-state index in [4.69, 9.17) is 22.1 Å². The van der Waals surface area contributed by atoms with E-state index in [1.54, 1.807) is 7.11 Å². The molecule has 4 heteroatoms. The van der Waals surface area contributed by atoms with Crippen LogP contribution in [0.4, 0.5) is 0 Å². The predicted octanol–water partition coefficient (Wildman–Crippen LogP) is 4.35. The Bertz CT molecular complexity index is 574. The monoisotopic (exact) mass is 339 g/mol. The highest BCUT2D eigenvalue weighted by atomic mass is 79.9. The number of nitrogens with two attached hydrogens (primary N) is 1. The molecular weight excluding hydrogens is 326 g/mol. The van der Waals surface area contributed by atoms with Gasteiger partial charge in [-0.25, -0.2) is 0 Å². The second-order valence-electron chi connectivity index (χ2n) is 4.33. The second-order valence-corrected chi connectivity index (χ2v) is 5.62. The maximum absolute atomic E-state index is 6.27. The minimum Gasteiger partial charge on any atom is -0.497 e. The molecule has 1 unspecified atom stereocenters. The second kappa shape index (κ2) is 6.42. The molecule has 19 heavy (non-hydrogen) atoms. The normalized spacial score (nSPS) is 12.2. The van der Waals surface area contributed by atoms with Crippen LogP contribution < -0.4 is 10.5 Å². The molecular formula is C15H15BrClNO. The maximum Gasteiger partial charge on any atom is 0.119 e. The quantitative estimate of drug-likeness (QED) is 0.898. The van der Waals surface area contributed by atoms with Crippen molar-refractivity contribution in [1.29, 1.82) is 0 Å². The smallest absolute Gasteiger partial charge is 0.119 e. The largest absolute Gasteiger partial charge is 0.497 e. The molecule has 0 saturated heterocycles. The first kappa shape index (κ1) is 14.4. The minimum absolute atomic E-state index is 0.108. The molecule has 2 nitrogen and oxygen atoms in total. The summed E-state index contributed by atoms with van der Waals surface area (Å²) in [6.07, 6.45) is 0.728. The van der Waals surface area contributed by atoms with Gasteiger partial charge in [0.05, 0.1) is 7.11 Å². The highest BCUT2D eigenvalue weighted by Gasteiger charge is 2.12. The van der Waals surface area contributed by atoms with Crippen molar-refractivity contribution in [2.75, 3.05) is 7.11 Å². The van der Waals surface area contributed by atoms with Crippen LogP contribution in [0, 0.1) is 0 Å². The SMILES string of the molecule is COc1ccc(Br)c(C(N)Cc2cccc(Cl)c2)c1. The number of hydrogen-bond acceptors (Lipinski definition) is 2. The molecule has 0 aliphatic rings. The van der Waals surface area contributed by atoms with E-state index in [0.29, 0.717) is 0 Å². The van der Waals surface area contributed by atoms with Crippen molar-refractivity contribution in [3.05, 3.63) is 63.1 Å². The van der Waals surface area contributed by atoms with Crippen molar-refractivity contribution in [3.8, 4) is 5.75 Å². The van der Waals surface area contributed by atoms with Gasteiger partial charge in [0.2, 0.25) is 0 Å². The number of rotatable bonds is 4. The van der Waals surface area contributed by atoms with Crippen LogP contribution in [0.1, 0.15) is 17.2 Å². The number of benzene rings is 2. The number of halogens is 2. The Kier molecular flexibility index (Phi) is 4.86. The van der Waals surface area contributed by atoms with Crippen molar-refractivity contribution in [2.45, 2.75) is 12.5 Å². The third kappa shape index (κ3) is 3.72. The average molecular weight is 341 g/mol. The van der Waals surface area contributed by atoms with E-state index in [2.05, 4.69) is 15.9 Å². The molecule has 2 aromatic carbocycles. The lowest BCUT2D eigenvalue weighted by molar-refractivity contribution is 0.413. The van der Waals surface area contributed by atoms with Gasteiger partial charge in [-0.2, -0.15) is 0 Å². The molecule has 0 aromatic heterocycles. The van der Waals surface area contributed by atoms with Crippen molar-refractivity contribution >= 4 is 27.5 Å². The first-order valence-electron chi connectivity index (χ1n) is 5.93. The summed E-state index contributed by atoms with van der Waals surface area (Å²) >= 11 is 9.51. The molecule has 0 radical (unpaired) electrons. The van der Waals surface area contributed by atoms with Crippen molar-refractivity contribution in [2.24, 2.45) is 5.73 Å². The standard InChI is InChI=1S/C15H15BrClNO/c1-19-12-5-6-14(16)13(9-12)15(18)8-10-3-2-4-11(17)7-10/h2-7,9,15H,8,18H2,1H3. The van der Waals surface area contributed by atoms with Gasteiger partial charge in [-0.1, -0.05) is 39.7 Å². The lowest BCUT2D eigenvalue weighted by Gasteiger charge is -2.15. The van der Waals surface area contributed by atoms with Gasteiger partial charge < -0.3 is 10.5 Å². The lowest BCUT2D eigenvalue weighted by Crippen LogP contribution is -2.14. The molecule has 0 aliphatic carbocycles.